The number of halogens is 1. The molecule has 0 spiro atoms. The molecule has 1 heterocycles. The fraction of sp³-hybridized carbons (Fsp3) is 0.429. The van der Waals surface area contributed by atoms with Crippen molar-refractivity contribution in [3.8, 4) is 5.88 Å². The number of hydrogen-bond donors (Lipinski definition) is 0. The van der Waals surface area contributed by atoms with Crippen LogP contribution in [-0.2, 0) is 6.54 Å². The van der Waals surface area contributed by atoms with Crippen LogP contribution < -0.4 is 10.3 Å². The number of nitrogens with zero attached hydrogens (tertiary/aromatic N) is 2. The highest BCUT2D eigenvalue weighted by Crippen LogP contribution is 1.98. The Kier molecular flexibility index (Phi) is 3.10. The maximum atomic E-state index is 11.1. The van der Waals surface area contributed by atoms with Gasteiger partial charge in [-0.25, -0.2) is 4.68 Å². The highest BCUT2D eigenvalue weighted by Gasteiger charge is 1.98. The van der Waals surface area contributed by atoms with Crippen LogP contribution >= 0.6 is 11.6 Å². The Bertz CT molecular complexity index is 311. The van der Waals surface area contributed by atoms with E-state index in [2.05, 4.69) is 5.10 Å². The number of rotatable bonds is 3. The minimum atomic E-state index is -0.170. The smallest absolute Gasteiger partial charge is 0.267 e. The number of ether oxygens (including phenoxy) is 1. The predicted octanol–water partition coefficient (Wildman–Crippen LogP) is 0.491. The standard InChI is InChI=1S/C7H9ClN2O2/c1-12-6-2-3-7(11)10(9-6)5-4-8/h2-3H,4-5H2,1H3. The molecule has 5 heteroatoms. The summed E-state index contributed by atoms with van der Waals surface area (Å²) in [5, 5.41) is 3.88. The van der Waals surface area contributed by atoms with Crippen molar-refractivity contribution in [2.45, 2.75) is 6.54 Å². The summed E-state index contributed by atoms with van der Waals surface area (Å²) in [6.45, 7) is 0.400. The van der Waals surface area contributed by atoms with Gasteiger partial charge in [0.05, 0.1) is 13.7 Å². The van der Waals surface area contributed by atoms with Crippen LogP contribution in [0.5, 0.6) is 5.88 Å². The number of methoxy groups -OCH3 is 1. The van der Waals surface area contributed by atoms with E-state index in [9.17, 15) is 4.79 Å². The van der Waals surface area contributed by atoms with E-state index in [4.69, 9.17) is 16.3 Å². The Labute approximate surface area is 74.7 Å². The summed E-state index contributed by atoms with van der Waals surface area (Å²) >= 11 is 5.46. The van der Waals surface area contributed by atoms with Gasteiger partial charge in [-0.15, -0.1) is 16.7 Å². The zero-order valence-electron chi connectivity index (χ0n) is 6.66. The molecule has 4 nitrogen and oxygen atoms in total. The average molecular weight is 189 g/mol. The lowest BCUT2D eigenvalue weighted by molar-refractivity contribution is 0.377. The second-order valence-corrected chi connectivity index (χ2v) is 2.50. The molecule has 1 aromatic heterocycles. The SMILES string of the molecule is COc1ccc(=O)n(CCCl)n1. The van der Waals surface area contributed by atoms with Crippen LogP contribution in [-0.4, -0.2) is 22.8 Å². The largest absolute Gasteiger partial charge is 0.480 e. The maximum absolute atomic E-state index is 11.1. The summed E-state index contributed by atoms with van der Waals surface area (Å²) in [6.07, 6.45) is 0. The first kappa shape index (κ1) is 9.06. The zero-order valence-corrected chi connectivity index (χ0v) is 7.41. The second-order valence-electron chi connectivity index (χ2n) is 2.13. The Morgan fingerprint density at radius 3 is 3.00 bits per heavy atom. The normalized spacial score (nSPS) is 9.83. The molecule has 0 saturated carbocycles. The van der Waals surface area contributed by atoms with Crippen molar-refractivity contribution in [1.29, 1.82) is 0 Å². The van der Waals surface area contributed by atoms with Gasteiger partial charge in [0.1, 0.15) is 0 Å². The van der Waals surface area contributed by atoms with E-state index in [0.717, 1.165) is 0 Å². The molecular weight excluding hydrogens is 180 g/mol. The van der Waals surface area contributed by atoms with E-state index in [1.807, 2.05) is 0 Å². The van der Waals surface area contributed by atoms with Gasteiger partial charge < -0.3 is 4.74 Å². The summed E-state index contributed by atoms with van der Waals surface area (Å²) in [6, 6.07) is 2.92. The van der Waals surface area contributed by atoms with Gasteiger partial charge in [-0.2, -0.15) is 0 Å². The number of alkyl halides is 1. The van der Waals surface area contributed by atoms with Crippen LogP contribution in [0, 0.1) is 0 Å². The van der Waals surface area contributed by atoms with Gasteiger partial charge in [0.2, 0.25) is 5.88 Å². The summed E-state index contributed by atoms with van der Waals surface area (Å²) in [5.41, 5.74) is -0.170. The molecule has 0 fully saturated rings. The number of aromatic nitrogens is 2. The molecule has 12 heavy (non-hydrogen) atoms. The van der Waals surface area contributed by atoms with Gasteiger partial charge in [0, 0.05) is 18.0 Å². The molecule has 0 aliphatic heterocycles. The monoisotopic (exact) mass is 188 g/mol. The minimum Gasteiger partial charge on any atom is -0.480 e. The molecule has 0 bridgehead atoms. The molecule has 66 valence electrons. The highest BCUT2D eigenvalue weighted by atomic mass is 35.5. The fourth-order valence-electron chi connectivity index (χ4n) is 0.779. The third kappa shape index (κ3) is 1.98. The van der Waals surface area contributed by atoms with Crippen molar-refractivity contribution >= 4 is 11.6 Å². The highest BCUT2D eigenvalue weighted by molar-refractivity contribution is 6.17. The summed E-state index contributed by atoms with van der Waals surface area (Å²) in [7, 11) is 1.50. The van der Waals surface area contributed by atoms with Crippen molar-refractivity contribution in [1.82, 2.24) is 9.78 Å². The molecule has 0 saturated heterocycles. The Morgan fingerprint density at radius 1 is 1.67 bits per heavy atom. The van der Waals surface area contributed by atoms with Crippen LogP contribution in [0.4, 0.5) is 0 Å². The second kappa shape index (κ2) is 4.11. The molecule has 0 amide bonds. The van der Waals surface area contributed by atoms with Crippen LogP contribution in [0.1, 0.15) is 0 Å². The van der Waals surface area contributed by atoms with E-state index >= 15 is 0 Å². The van der Waals surface area contributed by atoms with Crippen molar-refractivity contribution in [2.24, 2.45) is 0 Å². The molecule has 0 atom stereocenters. The Hall–Kier alpha value is -1.03. The van der Waals surface area contributed by atoms with E-state index in [1.165, 1.54) is 23.9 Å². The van der Waals surface area contributed by atoms with Crippen LogP contribution in [0.15, 0.2) is 16.9 Å². The fourth-order valence-corrected chi connectivity index (χ4v) is 0.939. The van der Waals surface area contributed by atoms with E-state index in [-0.39, 0.29) is 5.56 Å². The molecule has 1 rings (SSSR count). The number of aryl methyl sites for hydroxylation is 1. The Morgan fingerprint density at radius 2 is 2.42 bits per heavy atom. The van der Waals surface area contributed by atoms with E-state index in [1.54, 1.807) is 0 Å². The third-order valence-electron chi connectivity index (χ3n) is 1.35. The molecule has 0 unspecified atom stereocenters. The van der Waals surface area contributed by atoms with E-state index in [0.29, 0.717) is 18.3 Å². The topological polar surface area (TPSA) is 44.1 Å². The predicted molar refractivity (Wildman–Crippen MR) is 45.8 cm³/mol. The molecular formula is C7H9ClN2O2. The van der Waals surface area contributed by atoms with Gasteiger partial charge in [0.25, 0.3) is 5.56 Å². The molecule has 1 aromatic rings. The summed E-state index contributed by atoms with van der Waals surface area (Å²) in [4.78, 5) is 11.1. The lowest BCUT2D eigenvalue weighted by atomic mass is 10.5. The van der Waals surface area contributed by atoms with Gasteiger partial charge in [0.15, 0.2) is 0 Å². The molecule has 0 aromatic carbocycles. The van der Waals surface area contributed by atoms with Gasteiger partial charge in [-0.3, -0.25) is 4.79 Å². The summed E-state index contributed by atoms with van der Waals surface area (Å²) in [5.74, 6) is 0.778. The van der Waals surface area contributed by atoms with E-state index < -0.39 is 0 Å². The maximum Gasteiger partial charge on any atom is 0.267 e. The van der Waals surface area contributed by atoms with Crippen LogP contribution in [0.3, 0.4) is 0 Å². The Balaban J connectivity index is 3.00. The number of hydrogen-bond acceptors (Lipinski definition) is 3. The van der Waals surface area contributed by atoms with Crippen molar-refractivity contribution in [2.75, 3.05) is 13.0 Å². The van der Waals surface area contributed by atoms with Gasteiger partial charge >= 0.3 is 0 Å². The minimum absolute atomic E-state index is 0.170. The molecule has 0 radical (unpaired) electrons. The zero-order chi connectivity index (χ0) is 8.97. The first-order chi connectivity index (χ1) is 5.77. The van der Waals surface area contributed by atoms with Crippen molar-refractivity contribution in [3.63, 3.8) is 0 Å². The van der Waals surface area contributed by atoms with Gasteiger partial charge in [-0.1, -0.05) is 0 Å². The third-order valence-corrected chi connectivity index (χ3v) is 1.52. The first-order valence-corrected chi connectivity index (χ1v) is 3.99. The lowest BCUT2D eigenvalue weighted by Gasteiger charge is -2.02. The van der Waals surface area contributed by atoms with Crippen molar-refractivity contribution in [3.05, 3.63) is 22.5 Å². The quantitative estimate of drug-likeness (QED) is 0.649. The van der Waals surface area contributed by atoms with Crippen LogP contribution in [0.2, 0.25) is 0 Å². The lowest BCUT2D eigenvalue weighted by Crippen LogP contribution is -2.22. The van der Waals surface area contributed by atoms with Crippen LogP contribution in [0.25, 0.3) is 0 Å². The molecule has 0 aliphatic rings. The van der Waals surface area contributed by atoms with Crippen molar-refractivity contribution < 1.29 is 4.74 Å². The molecule has 0 N–H and O–H groups in total. The average Bonchev–Trinajstić information content (AvgIpc) is 2.09. The van der Waals surface area contributed by atoms with Gasteiger partial charge in [-0.05, 0) is 0 Å². The molecule has 0 aliphatic carbocycles. The summed E-state index contributed by atoms with van der Waals surface area (Å²) < 4.78 is 6.11. The first-order valence-electron chi connectivity index (χ1n) is 3.46.